The van der Waals surface area contributed by atoms with Crippen LogP contribution < -0.4 is 5.32 Å². The van der Waals surface area contributed by atoms with Crippen LogP contribution in [0, 0.1) is 10.1 Å². The Labute approximate surface area is 110 Å². The number of para-hydroxylation sites is 1. The van der Waals surface area contributed by atoms with E-state index in [-0.39, 0.29) is 11.6 Å². The average Bonchev–Trinajstić information content (AvgIpc) is 2.46. The molecule has 1 aromatic rings. The predicted molar refractivity (Wildman–Crippen MR) is 71.6 cm³/mol. The molecule has 0 bridgehead atoms. The maximum absolute atomic E-state index is 11.9. The first kappa shape index (κ1) is 13.2. The second-order valence-corrected chi connectivity index (χ2v) is 4.22. The lowest BCUT2D eigenvalue weighted by molar-refractivity contribution is -0.385. The minimum Gasteiger partial charge on any atom is -0.337 e. The highest BCUT2D eigenvalue weighted by atomic mass is 16.6. The van der Waals surface area contributed by atoms with Gasteiger partial charge in [0.2, 0.25) is 5.91 Å². The number of amides is 1. The van der Waals surface area contributed by atoms with Gasteiger partial charge >= 0.3 is 0 Å². The van der Waals surface area contributed by atoms with Crippen molar-refractivity contribution < 1.29 is 9.72 Å². The number of nitro groups is 1. The van der Waals surface area contributed by atoms with Gasteiger partial charge in [0.05, 0.1) is 10.5 Å². The zero-order valence-electron chi connectivity index (χ0n) is 10.4. The normalized spacial score (nSPS) is 15.7. The minimum atomic E-state index is -0.449. The van der Waals surface area contributed by atoms with Gasteiger partial charge in [-0.15, -0.1) is 0 Å². The highest BCUT2D eigenvalue weighted by Gasteiger charge is 2.14. The molecule has 100 valence electrons. The summed E-state index contributed by atoms with van der Waals surface area (Å²) in [7, 11) is 0. The number of hydrogen-bond acceptors (Lipinski definition) is 4. The average molecular weight is 261 g/mol. The molecule has 6 heteroatoms. The second-order valence-electron chi connectivity index (χ2n) is 4.22. The molecule has 0 radical (unpaired) electrons. The molecular formula is C13H15N3O3. The van der Waals surface area contributed by atoms with Crippen molar-refractivity contribution in [3.05, 3.63) is 46.0 Å². The molecule has 0 saturated carbocycles. The van der Waals surface area contributed by atoms with E-state index < -0.39 is 4.92 Å². The van der Waals surface area contributed by atoms with Crippen LogP contribution in [0.25, 0.3) is 6.08 Å². The smallest absolute Gasteiger partial charge is 0.276 e. The van der Waals surface area contributed by atoms with Crippen LogP contribution in [-0.4, -0.2) is 41.9 Å². The first-order chi connectivity index (χ1) is 9.18. The van der Waals surface area contributed by atoms with Crippen LogP contribution in [0.3, 0.4) is 0 Å². The molecule has 0 atom stereocenters. The number of nitro benzene ring substituents is 1. The minimum absolute atomic E-state index is 0.00635. The molecule has 1 aliphatic heterocycles. The molecule has 0 spiro atoms. The molecule has 1 amide bonds. The third-order valence-corrected chi connectivity index (χ3v) is 2.97. The molecule has 6 nitrogen and oxygen atoms in total. The molecule has 0 unspecified atom stereocenters. The number of benzene rings is 1. The molecule has 1 saturated heterocycles. The van der Waals surface area contributed by atoms with Crippen molar-refractivity contribution in [2.45, 2.75) is 0 Å². The quantitative estimate of drug-likeness (QED) is 0.501. The Morgan fingerprint density at radius 3 is 2.68 bits per heavy atom. The highest BCUT2D eigenvalue weighted by molar-refractivity contribution is 5.92. The van der Waals surface area contributed by atoms with Crippen molar-refractivity contribution >= 4 is 17.7 Å². The number of rotatable bonds is 3. The highest BCUT2D eigenvalue weighted by Crippen LogP contribution is 2.18. The summed E-state index contributed by atoms with van der Waals surface area (Å²) in [6, 6.07) is 6.37. The van der Waals surface area contributed by atoms with Crippen molar-refractivity contribution in [3.63, 3.8) is 0 Å². The van der Waals surface area contributed by atoms with E-state index in [1.165, 1.54) is 18.2 Å². The summed E-state index contributed by atoms with van der Waals surface area (Å²) in [5.41, 5.74) is 0.447. The number of piperazine rings is 1. The lowest BCUT2D eigenvalue weighted by Gasteiger charge is -2.26. The summed E-state index contributed by atoms with van der Waals surface area (Å²) in [6.45, 7) is 2.90. The van der Waals surface area contributed by atoms with Gasteiger partial charge in [0, 0.05) is 38.3 Å². The van der Waals surface area contributed by atoms with Crippen LogP contribution in [0.4, 0.5) is 5.69 Å². The Morgan fingerprint density at radius 2 is 2.00 bits per heavy atom. The molecule has 1 aromatic carbocycles. The van der Waals surface area contributed by atoms with Gasteiger partial charge in [-0.05, 0) is 12.1 Å². The number of nitrogens with zero attached hydrogens (tertiary/aromatic N) is 2. The second kappa shape index (κ2) is 6.10. The lowest BCUT2D eigenvalue weighted by Crippen LogP contribution is -2.45. The Morgan fingerprint density at radius 1 is 1.32 bits per heavy atom. The van der Waals surface area contributed by atoms with Gasteiger partial charge in [-0.1, -0.05) is 12.1 Å². The Hall–Kier alpha value is -2.21. The molecule has 1 heterocycles. The molecule has 1 N–H and O–H groups in total. The third-order valence-electron chi connectivity index (χ3n) is 2.97. The van der Waals surface area contributed by atoms with Gasteiger partial charge in [-0.25, -0.2) is 0 Å². The Balaban J connectivity index is 2.09. The van der Waals surface area contributed by atoms with Crippen LogP contribution in [0.2, 0.25) is 0 Å². The standard InChI is InChI=1S/C13H15N3O3/c17-13(15-9-7-14-8-10-15)6-5-11-3-1-2-4-12(11)16(18)19/h1-6,14H,7-10H2. The molecule has 0 aromatic heterocycles. The van der Waals surface area contributed by atoms with E-state index >= 15 is 0 Å². The van der Waals surface area contributed by atoms with Gasteiger partial charge in [-0.3, -0.25) is 14.9 Å². The topological polar surface area (TPSA) is 75.5 Å². The molecule has 19 heavy (non-hydrogen) atoms. The van der Waals surface area contributed by atoms with E-state index in [0.29, 0.717) is 18.7 Å². The van der Waals surface area contributed by atoms with Crippen molar-refractivity contribution in [1.82, 2.24) is 10.2 Å². The van der Waals surface area contributed by atoms with Crippen molar-refractivity contribution in [2.24, 2.45) is 0 Å². The lowest BCUT2D eigenvalue weighted by atomic mass is 10.1. The van der Waals surface area contributed by atoms with Crippen LogP contribution in [0.15, 0.2) is 30.3 Å². The number of nitrogens with one attached hydrogen (secondary N) is 1. The van der Waals surface area contributed by atoms with Crippen LogP contribution in [0.5, 0.6) is 0 Å². The predicted octanol–water partition coefficient (Wildman–Crippen LogP) is 1.04. The fourth-order valence-corrected chi connectivity index (χ4v) is 1.95. The van der Waals surface area contributed by atoms with Gasteiger partial charge in [-0.2, -0.15) is 0 Å². The first-order valence-corrected chi connectivity index (χ1v) is 6.09. The summed E-state index contributed by atoms with van der Waals surface area (Å²) >= 11 is 0. The Bertz CT molecular complexity index is 508. The fourth-order valence-electron chi connectivity index (χ4n) is 1.95. The fraction of sp³-hybridized carbons (Fsp3) is 0.308. The zero-order chi connectivity index (χ0) is 13.7. The van der Waals surface area contributed by atoms with E-state index in [1.54, 1.807) is 23.1 Å². The summed E-state index contributed by atoms with van der Waals surface area (Å²) in [5.74, 6) is -0.111. The van der Waals surface area contributed by atoms with Crippen LogP contribution >= 0.6 is 0 Å². The van der Waals surface area contributed by atoms with Gasteiger partial charge in [0.25, 0.3) is 5.69 Å². The SMILES string of the molecule is O=C(C=Cc1ccccc1[N+](=O)[O-])N1CCNCC1. The van der Waals surface area contributed by atoms with Crippen molar-refractivity contribution in [3.8, 4) is 0 Å². The van der Waals surface area contributed by atoms with Crippen molar-refractivity contribution in [2.75, 3.05) is 26.2 Å². The van der Waals surface area contributed by atoms with E-state index in [9.17, 15) is 14.9 Å². The molecule has 1 fully saturated rings. The van der Waals surface area contributed by atoms with Crippen LogP contribution in [0.1, 0.15) is 5.56 Å². The number of carbonyl (C=O) groups is 1. The zero-order valence-corrected chi connectivity index (χ0v) is 10.4. The van der Waals surface area contributed by atoms with Crippen LogP contribution in [-0.2, 0) is 4.79 Å². The monoisotopic (exact) mass is 261 g/mol. The number of carbonyl (C=O) groups excluding carboxylic acids is 1. The van der Waals surface area contributed by atoms with Crippen molar-refractivity contribution in [1.29, 1.82) is 0 Å². The Kier molecular flexibility index (Phi) is 4.25. The van der Waals surface area contributed by atoms with E-state index in [2.05, 4.69) is 5.32 Å². The van der Waals surface area contributed by atoms with Gasteiger partial charge in [0.1, 0.15) is 0 Å². The molecule has 2 rings (SSSR count). The van der Waals surface area contributed by atoms with E-state index in [1.807, 2.05) is 0 Å². The third kappa shape index (κ3) is 3.38. The summed E-state index contributed by atoms with van der Waals surface area (Å²) in [6.07, 6.45) is 2.90. The molecule has 0 aliphatic carbocycles. The summed E-state index contributed by atoms with van der Waals surface area (Å²) in [5, 5.41) is 14.0. The maximum Gasteiger partial charge on any atom is 0.276 e. The summed E-state index contributed by atoms with van der Waals surface area (Å²) in [4.78, 5) is 24.0. The van der Waals surface area contributed by atoms with E-state index in [0.717, 1.165) is 13.1 Å². The molecule has 1 aliphatic rings. The molecular weight excluding hydrogens is 246 g/mol. The van der Waals surface area contributed by atoms with Gasteiger partial charge in [0.15, 0.2) is 0 Å². The number of hydrogen-bond donors (Lipinski definition) is 1. The largest absolute Gasteiger partial charge is 0.337 e. The summed E-state index contributed by atoms with van der Waals surface area (Å²) < 4.78 is 0. The van der Waals surface area contributed by atoms with E-state index in [4.69, 9.17) is 0 Å². The first-order valence-electron chi connectivity index (χ1n) is 6.09. The van der Waals surface area contributed by atoms with Gasteiger partial charge < -0.3 is 10.2 Å². The maximum atomic E-state index is 11.9.